The van der Waals surface area contributed by atoms with Crippen molar-refractivity contribution in [3.8, 4) is 17.2 Å². The first-order valence-electron chi connectivity index (χ1n) is 10.2. The lowest BCUT2D eigenvalue weighted by Crippen LogP contribution is -2.32. The van der Waals surface area contributed by atoms with Gasteiger partial charge in [-0.25, -0.2) is 10.2 Å². The predicted molar refractivity (Wildman–Crippen MR) is 126 cm³/mol. The molecule has 0 aromatic heterocycles. The van der Waals surface area contributed by atoms with E-state index in [0.717, 1.165) is 5.56 Å². The molecule has 0 atom stereocenters. The number of hydrogen-bond donors (Lipinski definition) is 2. The van der Waals surface area contributed by atoms with Crippen LogP contribution < -0.4 is 25.0 Å². The zero-order chi connectivity index (χ0) is 24.5. The molecule has 3 aromatic rings. The number of benzene rings is 3. The molecule has 0 spiro atoms. The maximum Gasteiger partial charge on any atom is 0.343 e. The minimum absolute atomic E-state index is 0.232. The molecule has 0 aliphatic heterocycles. The summed E-state index contributed by atoms with van der Waals surface area (Å²) in [5.74, 6) is -1.17. The van der Waals surface area contributed by atoms with E-state index in [-0.39, 0.29) is 5.75 Å². The highest BCUT2D eigenvalue weighted by atomic mass is 16.6. The second kappa shape index (κ2) is 11.3. The number of esters is 1. The van der Waals surface area contributed by atoms with Crippen LogP contribution in [0.5, 0.6) is 17.2 Å². The summed E-state index contributed by atoms with van der Waals surface area (Å²) in [4.78, 5) is 36.4. The zero-order valence-corrected chi connectivity index (χ0v) is 18.8. The summed E-state index contributed by atoms with van der Waals surface area (Å²) in [7, 11) is 2.97. The molecule has 2 amide bonds. The molecular formula is C25H23N3O6. The van der Waals surface area contributed by atoms with Crippen LogP contribution in [0.25, 0.3) is 0 Å². The first kappa shape index (κ1) is 24.0. The van der Waals surface area contributed by atoms with Crippen LogP contribution in [-0.4, -0.2) is 38.2 Å². The van der Waals surface area contributed by atoms with Gasteiger partial charge >= 0.3 is 17.8 Å². The molecule has 0 aliphatic rings. The van der Waals surface area contributed by atoms with Gasteiger partial charge in [0.1, 0.15) is 5.75 Å². The number of anilines is 1. The predicted octanol–water partition coefficient (Wildman–Crippen LogP) is 3.32. The fraction of sp³-hybridized carbons (Fsp3) is 0.120. The summed E-state index contributed by atoms with van der Waals surface area (Å²) >= 11 is 0. The monoisotopic (exact) mass is 461 g/mol. The average molecular weight is 461 g/mol. The molecular weight excluding hydrogens is 438 g/mol. The van der Waals surface area contributed by atoms with Crippen molar-refractivity contribution in [2.45, 2.75) is 6.92 Å². The van der Waals surface area contributed by atoms with Gasteiger partial charge in [0.05, 0.1) is 26.0 Å². The fourth-order valence-corrected chi connectivity index (χ4v) is 2.88. The van der Waals surface area contributed by atoms with Crippen molar-refractivity contribution in [3.63, 3.8) is 0 Å². The number of carbonyl (C=O) groups is 3. The molecule has 0 unspecified atom stereocenters. The quantitative estimate of drug-likeness (QED) is 0.183. The third kappa shape index (κ3) is 6.19. The van der Waals surface area contributed by atoms with Crippen LogP contribution in [0.2, 0.25) is 0 Å². The number of hydrogen-bond acceptors (Lipinski definition) is 7. The number of ether oxygens (including phenoxy) is 3. The lowest BCUT2D eigenvalue weighted by atomic mass is 10.1. The van der Waals surface area contributed by atoms with Crippen molar-refractivity contribution in [3.05, 3.63) is 83.4 Å². The Morgan fingerprint density at radius 2 is 1.59 bits per heavy atom. The van der Waals surface area contributed by atoms with E-state index in [4.69, 9.17) is 14.2 Å². The van der Waals surface area contributed by atoms with Gasteiger partial charge in [0.15, 0.2) is 11.5 Å². The van der Waals surface area contributed by atoms with Gasteiger partial charge in [0.25, 0.3) is 0 Å². The van der Waals surface area contributed by atoms with Crippen LogP contribution in [0.4, 0.5) is 5.69 Å². The molecule has 0 saturated heterocycles. The third-order valence-corrected chi connectivity index (χ3v) is 4.69. The molecule has 174 valence electrons. The van der Waals surface area contributed by atoms with E-state index in [1.54, 1.807) is 54.6 Å². The van der Waals surface area contributed by atoms with E-state index in [9.17, 15) is 14.4 Å². The van der Waals surface area contributed by atoms with Crippen molar-refractivity contribution in [2.24, 2.45) is 5.10 Å². The van der Waals surface area contributed by atoms with Crippen LogP contribution >= 0.6 is 0 Å². The van der Waals surface area contributed by atoms with Gasteiger partial charge in [-0.15, -0.1) is 0 Å². The molecule has 0 aliphatic carbocycles. The summed E-state index contributed by atoms with van der Waals surface area (Å²) < 4.78 is 15.8. The number of nitrogens with one attached hydrogen (secondary N) is 2. The maximum atomic E-state index is 12.5. The van der Waals surface area contributed by atoms with Crippen LogP contribution in [0.15, 0.2) is 71.8 Å². The number of methoxy groups -OCH3 is 2. The Bertz CT molecular complexity index is 1220. The lowest BCUT2D eigenvalue weighted by molar-refractivity contribution is -0.136. The number of amides is 2. The first-order chi connectivity index (χ1) is 16.4. The van der Waals surface area contributed by atoms with Gasteiger partial charge in [0.2, 0.25) is 0 Å². The molecule has 2 N–H and O–H groups in total. The fourth-order valence-electron chi connectivity index (χ4n) is 2.88. The van der Waals surface area contributed by atoms with Crippen LogP contribution in [0.1, 0.15) is 21.5 Å². The van der Waals surface area contributed by atoms with E-state index in [0.29, 0.717) is 28.3 Å². The Hall–Kier alpha value is -4.66. The maximum absolute atomic E-state index is 12.5. The van der Waals surface area contributed by atoms with E-state index < -0.39 is 17.8 Å². The Morgan fingerprint density at radius 3 is 2.26 bits per heavy atom. The standard InChI is InChI=1S/C25H23N3O6/c1-16-6-4-5-7-20(16)25(31)34-21-13-8-17(14-22(21)33-3)15-26-28-24(30)23(29)27-18-9-11-19(32-2)12-10-18/h4-15H,1-3H3,(H,27,29)(H,28,30)/b26-15+. The van der Waals surface area contributed by atoms with Crippen LogP contribution in [-0.2, 0) is 9.59 Å². The molecule has 3 aromatic carbocycles. The van der Waals surface area contributed by atoms with Gasteiger partial charge in [0, 0.05) is 5.69 Å². The number of hydrazone groups is 1. The topological polar surface area (TPSA) is 115 Å². The Labute approximate surface area is 196 Å². The molecule has 3 rings (SSSR count). The Kier molecular flexibility index (Phi) is 7.96. The summed E-state index contributed by atoms with van der Waals surface area (Å²) in [6, 6.07) is 18.4. The number of rotatable bonds is 7. The SMILES string of the molecule is COc1ccc(NC(=O)C(=O)N/N=C/c2ccc(OC(=O)c3ccccc3C)c(OC)c2)cc1. The first-order valence-corrected chi connectivity index (χ1v) is 10.2. The summed E-state index contributed by atoms with van der Waals surface area (Å²) in [6.45, 7) is 1.82. The number of nitrogens with zero attached hydrogens (tertiary/aromatic N) is 1. The van der Waals surface area contributed by atoms with Crippen molar-refractivity contribution >= 4 is 29.7 Å². The minimum atomic E-state index is -0.942. The summed E-state index contributed by atoms with van der Waals surface area (Å²) in [6.07, 6.45) is 1.33. The van der Waals surface area contributed by atoms with Crippen molar-refractivity contribution < 1.29 is 28.6 Å². The molecule has 34 heavy (non-hydrogen) atoms. The molecule has 0 fully saturated rings. The molecule has 0 radical (unpaired) electrons. The highest BCUT2D eigenvalue weighted by Gasteiger charge is 2.15. The zero-order valence-electron chi connectivity index (χ0n) is 18.8. The van der Waals surface area contributed by atoms with Crippen LogP contribution in [0.3, 0.4) is 0 Å². The van der Waals surface area contributed by atoms with Crippen molar-refractivity contribution in [1.82, 2.24) is 5.43 Å². The summed E-state index contributed by atoms with van der Waals surface area (Å²) in [5.41, 5.74) is 4.38. The van der Waals surface area contributed by atoms with E-state index in [2.05, 4.69) is 15.8 Å². The lowest BCUT2D eigenvalue weighted by Gasteiger charge is -2.11. The molecule has 0 bridgehead atoms. The van der Waals surface area contributed by atoms with Crippen LogP contribution in [0, 0.1) is 6.92 Å². The Morgan fingerprint density at radius 1 is 0.853 bits per heavy atom. The largest absolute Gasteiger partial charge is 0.497 e. The number of carbonyl (C=O) groups excluding carboxylic acids is 3. The average Bonchev–Trinajstić information content (AvgIpc) is 2.85. The Balaban J connectivity index is 1.60. The third-order valence-electron chi connectivity index (χ3n) is 4.69. The van der Waals surface area contributed by atoms with Crippen molar-refractivity contribution in [1.29, 1.82) is 0 Å². The van der Waals surface area contributed by atoms with E-state index in [1.807, 2.05) is 19.1 Å². The molecule has 0 heterocycles. The minimum Gasteiger partial charge on any atom is -0.497 e. The van der Waals surface area contributed by atoms with Gasteiger partial charge < -0.3 is 19.5 Å². The highest BCUT2D eigenvalue weighted by molar-refractivity contribution is 6.39. The van der Waals surface area contributed by atoms with Crippen molar-refractivity contribution in [2.75, 3.05) is 19.5 Å². The van der Waals surface area contributed by atoms with E-state index in [1.165, 1.54) is 20.4 Å². The van der Waals surface area contributed by atoms with Gasteiger partial charge in [-0.3, -0.25) is 9.59 Å². The second-order valence-corrected chi connectivity index (χ2v) is 7.00. The summed E-state index contributed by atoms with van der Waals surface area (Å²) in [5, 5.41) is 6.24. The van der Waals surface area contributed by atoms with E-state index >= 15 is 0 Å². The molecule has 9 heteroatoms. The highest BCUT2D eigenvalue weighted by Crippen LogP contribution is 2.28. The second-order valence-electron chi connectivity index (χ2n) is 7.00. The van der Waals surface area contributed by atoms with Gasteiger partial charge in [-0.05, 0) is 66.6 Å². The normalized spacial score (nSPS) is 10.4. The molecule has 9 nitrogen and oxygen atoms in total. The van der Waals surface area contributed by atoms with Gasteiger partial charge in [-0.2, -0.15) is 5.10 Å². The number of aryl methyl sites for hydroxylation is 1. The molecule has 0 saturated carbocycles. The smallest absolute Gasteiger partial charge is 0.343 e. The van der Waals surface area contributed by atoms with Gasteiger partial charge in [-0.1, -0.05) is 18.2 Å².